The highest BCUT2D eigenvalue weighted by Crippen LogP contribution is 2.38. The Morgan fingerprint density at radius 2 is 1.82 bits per heavy atom. The number of aromatic nitrogens is 1. The number of ketones is 1. The minimum Gasteiger partial charge on any atom is -0.507 e. The number of benzene rings is 1. The third kappa shape index (κ3) is 5.60. The van der Waals surface area contributed by atoms with Crippen molar-refractivity contribution in [1.29, 1.82) is 0 Å². The number of hydrogen-bond donors (Lipinski definition) is 1. The van der Waals surface area contributed by atoms with E-state index in [0.29, 0.717) is 42.6 Å². The molecule has 3 rings (SSSR count). The average molecular weight is 452 g/mol. The predicted octanol–water partition coefficient (Wildman–Crippen LogP) is 3.88. The number of amides is 1. The summed E-state index contributed by atoms with van der Waals surface area (Å²) in [4.78, 5) is 34.2. The molecule has 1 unspecified atom stereocenters. The van der Waals surface area contributed by atoms with Gasteiger partial charge in [0.25, 0.3) is 11.7 Å². The predicted molar refractivity (Wildman–Crippen MR) is 128 cm³/mol. The molecule has 7 nitrogen and oxygen atoms in total. The molecule has 1 amide bonds. The van der Waals surface area contributed by atoms with Crippen LogP contribution in [0.1, 0.15) is 45.0 Å². The number of rotatable bonds is 10. The third-order valence-corrected chi connectivity index (χ3v) is 5.77. The lowest BCUT2D eigenvalue weighted by Gasteiger charge is -2.27. The molecule has 0 bridgehead atoms. The van der Waals surface area contributed by atoms with Crippen LogP contribution in [0.2, 0.25) is 0 Å². The molecule has 1 saturated heterocycles. The van der Waals surface area contributed by atoms with Gasteiger partial charge in [-0.05, 0) is 55.4 Å². The van der Waals surface area contributed by atoms with E-state index in [1.807, 2.05) is 6.07 Å². The minimum absolute atomic E-state index is 0.0640. The maximum Gasteiger partial charge on any atom is 0.295 e. The Labute approximate surface area is 195 Å². The summed E-state index contributed by atoms with van der Waals surface area (Å²) in [6.45, 7) is 11.5. The van der Waals surface area contributed by atoms with Crippen molar-refractivity contribution in [3.63, 3.8) is 0 Å². The molecule has 1 N–H and O–H groups in total. The monoisotopic (exact) mass is 451 g/mol. The number of likely N-dealkylation sites (N-methyl/N-ethyl adjacent to an activating group) is 1. The standard InChI is InChI=1S/C26H33N3O4/c1-5-28(6-2)15-16-29-23(21-9-7-8-14-27-21)22(25(31)26(29)32)24(30)19-10-12-20(13-11-19)33-17-18(3)4/h7-14,18,23,30H,5-6,15-17H2,1-4H3/b24-22-. The van der Waals surface area contributed by atoms with Crippen molar-refractivity contribution in [2.45, 2.75) is 33.7 Å². The van der Waals surface area contributed by atoms with Gasteiger partial charge in [0.15, 0.2) is 0 Å². The molecule has 2 aromatic rings. The van der Waals surface area contributed by atoms with Crippen molar-refractivity contribution in [2.75, 3.05) is 32.8 Å². The maximum absolute atomic E-state index is 13.1. The van der Waals surface area contributed by atoms with Crippen LogP contribution in [0.4, 0.5) is 0 Å². The van der Waals surface area contributed by atoms with Gasteiger partial charge in [0.05, 0.1) is 17.9 Å². The molecule has 1 atom stereocenters. The van der Waals surface area contributed by atoms with Crippen LogP contribution in [0.15, 0.2) is 54.2 Å². The Morgan fingerprint density at radius 3 is 2.39 bits per heavy atom. The zero-order valence-electron chi connectivity index (χ0n) is 19.8. The van der Waals surface area contributed by atoms with Gasteiger partial charge in [0.1, 0.15) is 17.6 Å². The van der Waals surface area contributed by atoms with E-state index >= 15 is 0 Å². The molecule has 1 aliphatic heterocycles. The number of nitrogens with zero attached hydrogens (tertiary/aromatic N) is 3. The zero-order valence-corrected chi connectivity index (χ0v) is 19.8. The average Bonchev–Trinajstić information content (AvgIpc) is 3.08. The van der Waals surface area contributed by atoms with Gasteiger partial charge in [0.2, 0.25) is 0 Å². The lowest BCUT2D eigenvalue weighted by molar-refractivity contribution is -0.140. The first-order chi connectivity index (χ1) is 15.9. The van der Waals surface area contributed by atoms with E-state index in [9.17, 15) is 14.7 Å². The first-order valence-corrected chi connectivity index (χ1v) is 11.5. The van der Waals surface area contributed by atoms with Crippen molar-refractivity contribution in [1.82, 2.24) is 14.8 Å². The van der Waals surface area contributed by atoms with Gasteiger partial charge < -0.3 is 19.6 Å². The Kier molecular flexibility index (Phi) is 8.22. The number of pyridine rings is 1. The molecule has 1 aliphatic rings. The summed E-state index contributed by atoms with van der Waals surface area (Å²) < 4.78 is 5.71. The largest absolute Gasteiger partial charge is 0.507 e. The van der Waals surface area contributed by atoms with E-state index in [1.165, 1.54) is 4.90 Å². The molecule has 0 radical (unpaired) electrons. The van der Waals surface area contributed by atoms with Gasteiger partial charge in [-0.3, -0.25) is 14.6 Å². The number of ether oxygens (including phenoxy) is 1. The number of Topliss-reactive ketones (excluding diaryl/α,β-unsaturated/α-hetero) is 1. The normalized spacial score (nSPS) is 17.9. The van der Waals surface area contributed by atoms with E-state index in [0.717, 1.165) is 13.1 Å². The van der Waals surface area contributed by atoms with E-state index < -0.39 is 17.7 Å². The SMILES string of the molecule is CCN(CC)CCN1C(=O)C(=O)/C(=C(\O)c2ccc(OCC(C)C)cc2)C1c1ccccn1. The third-order valence-electron chi connectivity index (χ3n) is 5.77. The second-order valence-corrected chi connectivity index (χ2v) is 8.50. The Bertz CT molecular complexity index is 982. The fraction of sp³-hybridized carbons (Fsp3) is 0.423. The second kappa shape index (κ2) is 11.1. The molecule has 176 valence electrons. The molecule has 0 spiro atoms. The molecular formula is C26H33N3O4. The first kappa shape index (κ1) is 24.5. The van der Waals surface area contributed by atoms with Crippen molar-refractivity contribution < 1.29 is 19.4 Å². The molecule has 33 heavy (non-hydrogen) atoms. The van der Waals surface area contributed by atoms with Gasteiger partial charge in [-0.2, -0.15) is 0 Å². The maximum atomic E-state index is 13.1. The van der Waals surface area contributed by atoms with Gasteiger partial charge in [-0.25, -0.2) is 0 Å². The molecule has 2 heterocycles. The van der Waals surface area contributed by atoms with Gasteiger partial charge in [-0.1, -0.05) is 33.8 Å². The van der Waals surface area contributed by atoms with E-state index in [4.69, 9.17) is 4.74 Å². The molecule has 0 saturated carbocycles. The molecule has 7 heteroatoms. The Hall–Kier alpha value is -3.19. The molecule has 1 aromatic carbocycles. The lowest BCUT2D eigenvalue weighted by Crippen LogP contribution is -2.38. The van der Waals surface area contributed by atoms with Crippen molar-refractivity contribution in [2.24, 2.45) is 5.92 Å². The van der Waals surface area contributed by atoms with Crippen molar-refractivity contribution in [3.05, 3.63) is 65.5 Å². The van der Waals surface area contributed by atoms with E-state index in [-0.39, 0.29) is 11.3 Å². The summed E-state index contributed by atoms with van der Waals surface area (Å²) in [5, 5.41) is 11.1. The summed E-state index contributed by atoms with van der Waals surface area (Å²) in [6.07, 6.45) is 1.63. The van der Waals surface area contributed by atoms with Crippen LogP contribution in [-0.4, -0.2) is 64.4 Å². The van der Waals surface area contributed by atoms with Crippen LogP contribution < -0.4 is 4.74 Å². The van der Waals surface area contributed by atoms with Gasteiger partial charge >= 0.3 is 0 Å². The van der Waals surface area contributed by atoms with E-state index in [2.05, 4.69) is 37.6 Å². The number of carbonyl (C=O) groups is 2. The van der Waals surface area contributed by atoms with Crippen LogP contribution in [0.5, 0.6) is 5.75 Å². The highest BCUT2D eigenvalue weighted by Gasteiger charge is 2.46. The molecule has 1 aromatic heterocycles. The smallest absolute Gasteiger partial charge is 0.295 e. The Balaban J connectivity index is 1.98. The van der Waals surface area contributed by atoms with Gasteiger partial charge in [0, 0.05) is 24.8 Å². The van der Waals surface area contributed by atoms with Crippen LogP contribution in [0.3, 0.4) is 0 Å². The highest BCUT2D eigenvalue weighted by atomic mass is 16.5. The van der Waals surface area contributed by atoms with Crippen LogP contribution >= 0.6 is 0 Å². The van der Waals surface area contributed by atoms with Gasteiger partial charge in [-0.15, -0.1) is 0 Å². The van der Waals surface area contributed by atoms with Crippen LogP contribution in [0.25, 0.3) is 5.76 Å². The fourth-order valence-electron chi connectivity index (χ4n) is 3.87. The van der Waals surface area contributed by atoms with Crippen LogP contribution in [-0.2, 0) is 9.59 Å². The minimum atomic E-state index is -0.737. The molecular weight excluding hydrogens is 418 g/mol. The first-order valence-electron chi connectivity index (χ1n) is 11.5. The number of aliphatic hydroxyl groups is 1. The summed E-state index contributed by atoms with van der Waals surface area (Å²) >= 11 is 0. The van der Waals surface area contributed by atoms with Crippen LogP contribution in [0, 0.1) is 5.92 Å². The van der Waals surface area contributed by atoms with Crippen molar-refractivity contribution >= 4 is 17.4 Å². The summed E-state index contributed by atoms with van der Waals surface area (Å²) in [5.74, 6) is -0.436. The van der Waals surface area contributed by atoms with Crippen molar-refractivity contribution in [3.8, 4) is 5.75 Å². The number of carbonyl (C=O) groups excluding carboxylic acids is 2. The summed E-state index contributed by atoms with van der Waals surface area (Å²) in [6, 6.07) is 11.5. The summed E-state index contributed by atoms with van der Waals surface area (Å²) in [5.41, 5.74) is 1.07. The second-order valence-electron chi connectivity index (χ2n) is 8.50. The molecule has 1 fully saturated rings. The Morgan fingerprint density at radius 1 is 1.12 bits per heavy atom. The zero-order chi connectivity index (χ0) is 24.0. The summed E-state index contributed by atoms with van der Waals surface area (Å²) in [7, 11) is 0. The quantitative estimate of drug-likeness (QED) is 0.335. The van der Waals surface area contributed by atoms with E-state index in [1.54, 1.807) is 42.6 Å². The molecule has 0 aliphatic carbocycles. The number of likely N-dealkylation sites (tertiary alicyclic amines) is 1. The topological polar surface area (TPSA) is 83.0 Å². The number of aliphatic hydroxyl groups excluding tert-OH is 1. The lowest BCUT2D eigenvalue weighted by atomic mass is 9.98. The fourth-order valence-corrected chi connectivity index (χ4v) is 3.87. The number of hydrogen-bond acceptors (Lipinski definition) is 6. The highest BCUT2D eigenvalue weighted by molar-refractivity contribution is 6.46.